The molecule has 32 heavy (non-hydrogen) atoms. The van der Waals surface area contributed by atoms with Crippen molar-refractivity contribution in [3.05, 3.63) is 42.6 Å². The maximum Gasteiger partial charge on any atom is 0.321 e. The molecule has 2 amide bonds. The molecule has 9 nitrogen and oxygen atoms in total. The van der Waals surface area contributed by atoms with Crippen LogP contribution in [0.3, 0.4) is 0 Å². The predicted octanol–water partition coefficient (Wildman–Crippen LogP) is 3.73. The summed E-state index contributed by atoms with van der Waals surface area (Å²) in [5, 5.41) is 2.91. The molecule has 0 atom stereocenters. The van der Waals surface area contributed by atoms with Crippen molar-refractivity contribution in [1.29, 1.82) is 0 Å². The fourth-order valence-corrected chi connectivity index (χ4v) is 3.70. The number of carbonyl (C=O) groups excluding carboxylic acids is 1. The van der Waals surface area contributed by atoms with Gasteiger partial charge in [-0.3, -0.25) is 0 Å². The Morgan fingerprint density at radius 1 is 1.00 bits per heavy atom. The van der Waals surface area contributed by atoms with E-state index in [1.165, 1.54) is 21.3 Å². The minimum atomic E-state index is -0.191. The number of para-hydroxylation sites is 2. The van der Waals surface area contributed by atoms with E-state index in [-0.39, 0.29) is 12.1 Å². The number of nitrogens with zero attached hydrogens (tertiary/aromatic N) is 3. The molecule has 9 heteroatoms. The SMILES string of the molecule is COc1cc(NC(=O)N2CCC(Oc3cnc4ccccc4n3)CC2)cc(OC)c1OC. The molecular formula is C23H26N4O5. The maximum absolute atomic E-state index is 12.8. The quantitative estimate of drug-likeness (QED) is 0.627. The summed E-state index contributed by atoms with van der Waals surface area (Å²) in [6.07, 6.45) is 3.04. The third-order valence-corrected chi connectivity index (χ3v) is 5.36. The molecule has 2 aromatic carbocycles. The van der Waals surface area contributed by atoms with Crippen LogP contribution in [0, 0.1) is 0 Å². The molecule has 0 saturated carbocycles. The number of rotatable bonds is 6. The van der Waals surface area contributed by atoms with Gasteiger partial charge in [0.2, 0.25) is 11.6 Å². The molecule has 168 valence electrons. The van der Waals surface area contributed by atoms with Gasteiger partial charge in [-0.15, -0.1) is 0 Å². The molecule has 1 aromatic heterocycles. The number of amides is 2. The van der Waals surface area contributed by atoms with Gasteiger partial charge in [0.1, 0.15) is 6.10 Å². The van der Waals surface area contributed by atoms with Crippen LogP contribution in [0.1, 0.15) is 12.8 Å². The third kappa shape index (κ3) is 4.61. The summed E-state index contributed by atoms with van der Waals surface area (Å²) in [6, 6.07) is 10.9. The molecular weight excluding hydrogens is 412 g/mol. The first kappa shape index (κ1) is 21.5. The molecule has 0 unspecified atom stereocenters. The normalized spacial score (nSPS) is 14.2. The smallest absolute Gasteiger partial charge is 0.321 e. The van der Waals surface area contributed by atoms with Crippen LogP contribution in [0.15, 0.2) is 42.6 Å². The molecule has 0 radical (unpaired) electrons. The Morgan fingerprint density at radius 3 is 2.28 bits per heavy atom. The number of anilines is 1. The van der Waals surface area contributed by atoms with E-state index in [2.05, 4.69) is 15.3 Å². The molecule has 1 saturated heterocycles. The Kier molecular flexibility index (Phi) is 6.44. The summed E-state index contributed by atoms with van der Waals surface area (Å²) in [6.45, 7) is 1.14. The standard InChI is InChI=1S/C23H26N4O5/c1-29-19-12-15(13-20(30-2)22(19)31-3)25-23(28)27-10-8-16(9-11-27)32-21-14-24-17-6-4-5-7-18(17)26-21/h4-7,12-14,16H,8-11H2,1-3H3,(H,25,28). The summed E-state index contributed by atoms with van der Waals surface area (Å²) in [7, 11) is 4.61. The lowest BCUT2D eigenvalue weighted by molar-refractivity contribution is 0.111. The second kappa shape index (κ2) is 9.59. The molecule has 3 aromatic rings. The largest absolute Gasteiger partial charge is 0.493 e. The van der Waals surface area contributed by atoms with Gasteiger partial charge in [-0.25, -0.2) is 14.8 Å². The lowest BCUT2D eigenvalue weighted by Gasteiger charge is -2.32. The lowest BCUT2D eigenvalue weighted by Crippen LogP contribution is -2.43. The summed E-state index contributed by atoms with van der Waals surface area (Å²) in [5.41, 5.74) is 2.19. The molecule has 1 fully saturated rings. The Balaban J connectivity index is 1.35. The van der Waals surface area contributed by atoms with Crippen molar-refractivity contribution < 1.29 is 23.7 Å². The van der Waals surface area contributed by atoms with Gasteiger partial charge >= 0.3 is 6.03 Å². The third-order valence-electron chi connectivity index (χ3n) is 5.36. The van der Waals surface area contributed by atoms with E-state index >= 15 is 0 Å². The van der Waals surface area contributed by atoms with Crippen molar-refractivity contribution in [3.63, 3.8) is 0 Å². The number of aromatic nitrogens is 2. The average Bonchev–Trinajstić information content (AvgIpc) is 2.83. The van der Waals surface area contributed by atoms with Crippen LogP contribution in [0.5, 0.6) is 23.1 Å². The number of piperidine rings is 1. The summed E-state index contributed by atoms with van der Waals surface area (Å²) in [4.78, 5) is 23.4. The molecule has 4 rings (SSSR count). The fourth-order valence-electron chi connectivity index (χ4n) is 3.70. The van der Waals surface area contributed by atoms with Crippen molar-refractivity contribution >= 4 is 22.8 Å². The second-order valence-electron chi connectivity index (χ2n) is 7.35. The van der Waals surface area contributed by atoms with E-state index in [4.69, 9.17) is 18.9 Å². The number of hydrogen-bond acceptors (Lipinski definition) is 7. The number of urea groups is 1. The fraction of sp³-hybridized carbons (Fsp3) is 0.348. The zero-order chi connectivity index (χ0) is 22.5. The number of ether oxygens (including phenoxy) is 4. The van der Waals surface area contributed by atoms with Crippen LogP contribution in [-0.4, -0.2) is 61.4 Å². The lowest BCUT2D eigenvalue weighted by atomic mass is 10.1. The number of nitrogens with one attached hydrogen (secondary N) is 1. The minimum absolute atomic E-state index is 0.0179. The molecule has 0 spiro atoms. The second-order valence-corrected chi connectivity index (χ2v) is 7.35. The monoisotopic (exact) mass is 438 g/mol. The molecule has 2 heterocycles. The minimum Gasteiger partial charge on any atom is -0.493 e. The van der Waals surface area contributed by atoms with Crippen molar-refractivity contribution in [2.75, 3.05) is 39.7 Å². The van der Waals surface area contributed by atoms with E-state index in [0.29, 0.717) is 54.7 Å². The molecule has 1 N–H and O–H groups in total. The van der Waals surface area contributed by atoms with Crippen molar-refractivity contribution in [2.24, 2.45) is 0 Å². The van der Waals surface area contributed by atoms with Gasteiger partial charge in [0.05, 0.1) is 44.2 Å². The summed E-state index contributed by atoms with van der Waals surface area (Å²) >= 11 is 0. The highest BCUT2D eigenvalue weighted by Crippen LogP contribution is 2.40. The first-order valence-corrected chi connectivity index (χ1v) is 10.4. The van der Waals surface area contributed by atoms with Crippen LogP contribution >= 0.6 is 0 Å². The van der Waals surface area contributed by atoms with Crippen molar-refractivity contribution in [3.8, 4) is 23.1 Å². The zero-order valence-corrected chi connectivity index (χ0v) is 18.3. The molecule has 0 bridgehead atoms. The van der Waals surface area contributed by atoms with Gasteiger partial charge in [0.15, 0.2) is 11.5 Å². The number of fused-ring (bicyclic) bond motifs is 1. The Labute approximate surface area is 186 Å². The summed E-state index contributed by atoms with van der Waals surface area (Å²) < 4.78 is 22.0. The maximum atomic E-state index is 12.8. The van der Waals surface area contributed by atoms with Crippen LogP contribution in [0.4, 0.5) is 10.5 Å². The van der Waals surface area contributed by atoms with E-state index in [1.807, 2.05) is 24.3 Å². The molecule has 1 aliphatic heterocycles. The molecule has 0 aliphatic carbocycles. The van der Waals surface area contributed by atoms with E-state index in [0.717, 1.165) is 11.0 Å². The topological polar surface area (TPSA) is 95.0 Å². The highest BCUT2D eigenvalue weighted by molar-refractivity contribution is 5.90. The van der Waals surface area contributed by atoms with Crippen LogP contribution < -0.4 is 24.3 Å². The van der Waals surface area contributed by atoms with Crippen LogP contribution in [0.25, 0.3) is 11.0 Å². The average molecular weight is 438 g/mol. The van der Waals surface area contributed by atoms with Crippen molar-refractivity contribution in [2.45, 2.75) is 18.9 Å². The number of hydrogen-bond donors (Lipinski definition) is 1. The van der Waals surface area contributed by atoms with Crippen LogP contribution in [-0.2, 0) is 0 Å². The first-order chi connectivity index (χ1) is 15.6. The van der Waals surface area contributed by atoms with E-state index in [1.54, 1.807) is 23.2 Å². The Morgan fingerprint density at radius 2 is 1.66 bits per heavy atom. The number of likely N-dealkylation sites (tertiary alicyclic amines) is 1. The van der Waals surface area contributed by atoms with E-state index in [9.17, 15) is 4.79 Å². The van der Waals surface area contributed by atoms with Crippen LogP contribution in [0.2, 0.25) is 0 Å². The van der Waals surface area contributed by atoms with Gasteiger partial charge in [-0.2, -0.15) is 0 Å². The number of carbonyl (C=O) groups is 1. The van der Waals surface area contributed by atoms with E-state index < -0.39 is 0 Å². The Hall–Kier alpha value is -3.75. The summed E-state index contributed by atoms with van der Waals surface area (Å²) in [5.74, 6) is 1.93. The Bertz CT molecular complexity index is 1070. The van der Waals surface area contributed by atoms with Gasteiger partial charge in [-0.1, -0.05) is 12.1 Å². The predicted molar refractivity (Wildman–Crippen MR) is 120 cm³/mol. The van der Waals surface area contributed by atoms with Crippen molar-refractivity contribution in [1.82, 2.24) is 14.9 Å². The highest BCUT2D eigenvalue weighted by Gasteiger charge is 2.25. The van der Waals surface area contributed by atoms with Gasteiger partial charge < -0.3 is 29.2 Å². The zero-order valence-electron chi connectivity index (χ0n) is 18.3. The van der Waals surface area contributed by atoms with Gasteiger partial charge in [-0.05, 0) is 12.1 Å². The number of methoxy groups -OCH3 is 3. The number of benzene rings is 2. The highest BCUT2D eigenvalue weighted by atomic mass is 16.5. The van der Waals surface area contributed by atoms with Gasteiger partial charge in [0.25, 0.3) is 0 Å². The van der Waals surface area contributed by atoms with Gasteiger partial charge in [0, 0.05) is 38.1 Å². The molecule has 1 aliphatic rings. The first-order valence-electron chi connectivity index (χ1n) is 10.4.